The van der Waals surface area contributed by atoms with Crippen molar-refractivity contribution in [1.82, 2.24) is 15.5 Å². The summed E-state index contributed by atoms with van der Waals surface area (Å²) in [4.78, 5) is 2.37. The molecule has 0 aromatic carbocycles. The molecule has 0 fully saturated rings. The van der Waals surface area contributed by atoms with Crippen LogP contribution in [0.25, 0.3) is 0 Å². The molecule has 0 amide bonds. The van der Waals surface area contributed by atoms with Gasteiger partial charge >= 0.3 is 0 Å². The lowest BCUT2D eigenvalue weighted by Crippen LogP contribution is -2.35. The Kier molecular flexibility index (Phi) is 1.51. The molecule has 40 valence electrons. The second kappa shape index (κ2) is 2.16. The molecule has 4 heteroatoms. The fraction of sp³-hybridized carbons (Fsp3) is 0.333. The highest BCUT2D eigenvalue weighted by molar-refractivity contribution is 6.13. The molecule has 0 spiro atoms. The maximum atomic E-state index is 5.17. The van der Waals surface area contributed by atoms with Crippen LogP contribution in [0, 0.1) is 0 Å². The molecule has 7 heavy (non-hydrogen) atoms. The van der Waals surface area contributed by atoms with Gasteiger partial charge in [-0.05, 0) is 17.9 Å². The molecular weight excluding hydrogens is 114 g/mol. The van der Waals surface area contributed by atoms with E-state index >= 15 is 0 Å². The first-order chi connectivity index (χ1) is 3.43. The van der Waals surface area contributed by atoms with Crippen LogP contribution in [0.2, 0.25) is 0 Å². The van der Waals surface area contributed by atoms with Crippen LogP contribution in [0.1, 0.15) is 0 Å². The Morgan fingerprint density at radius 2 is 2.71 bits per heavy atom. The van der Waals surface area contributed by atoms with E-state index in [1.807, 2.05) is 12.3 Å². The van der Waals surface area contributed by atoms with E-state index in [4.69, 9.17) is 11.8 Å². The predicted molar refractivity (Wildman–Crippen MR) is 28.0 cm³/mol. The lowest BCUT2D eigenvalue weighted by atomic mass is 10.7. The second-order valence-corrected chi connectivity index (χ2v) is 1.37. The summed E-state index contributed by atoms with van der Waals surface area (Å²) in [5, 5.41) is 1.57. The minimum atomic E-state index is 0.847. The third kappa shape index (κ3) is 1.06. The zero-order valence-electron chi connectivity index (χ0n) is 3.69. The summed E-state index contributed by atoms with van der Waals surface area (Å²) in [6.07, 6.45) is 3.77. The third-order valence-electron chi connectivity index (χ3n) is 0.725. The molecule has 1 aliphatic heterocycles. The standard InChI is InChI=1S/C3H6ClN3/c4-6-7-3-1-2-5-7/h1,3,5-6H,2H2. The van der Waals surface area contributed by atoms with E-state index in [0.717, 1.165) is 6.54 Å². The molecule has 1 heterocycles. The largest absolute Gasteiger partial charge is 0.235 e. The normalized spacial score (nSPS) is 18.7. The fourth-order valence-electron chi connectivity index (χ4n) is 0.420. The maximum absolute atomic E-state index is 5.17. The summed E-state index contributed by atoms with van der Waals surface area (Å²) in [5.74, 6) is 0. The highest BCUT2D eigenvalue weighted by Gasteiger charge is 1.96. The van der Waals surface area contributed by atoms with Gasteiger partial charge in [-0.25, -0.2) is 10.5 Å². The predicted octanol–water partition coefficient (Wildman–Crippen LogP) is -0.0213. The molecule has 0 atom stereocenters. The molecule has 0 bridgehead atoms. The van der Waals surface area contributed by atoms with Crippen LogP contribution >= 0.6 is 11.8 Å². The average Bonchev–Trinajstić information content (AvgIpc) is 2.14. The molecule has 0 aliphatic carbocycles. The van der Waals surface area contributed by atoms with Gasteiger partial charge in [-0.1, -0.05) is 0 Å². The van der Waals surface area contributed by atoms with Crippen molar-refractivity contribution in [3.63, 3.8) is 0 Å². The van der Waals surface area contributed by atoms with E-state index in [0.29, 0.717) is 0 Å². The average molecular weight is 120 g/mol. The molecule has 0 radical (unpaired) electrons. The summed E-state index contributed by atoms with van der Waals surface area (Å²) >= 11 is 5.17. The second-order valence-electron chi connectivity index (χ2n) is 1.20. The van der Waals surface area contributed by atoms with Crippen LogP contribution in [0.15, 0.2) is 12.3 Å². The molecule has 3 nitrogen and oxygen atoms in total. The number of halogens is 1. The zero-order chi connectivity index (χ0) is 5.11. The molecule has 1 rings (SSSR count). The third-order valence-corrected chi connectivity index (χ3v) is 0.907. The summed E-state index contributed by atoms with van der Waals surface area (Å²) in [5.41, 5.74) is 2.89. The van der Waals surface area contributed by atoms with Gasteiger partial charge in [0.15, 0.2) is 0 Å². The van der Waals surface area contributed by atoms with Crippen molar-refractivity contribution >= 4 is 11.8 Å². The Morgan fingerprint density at radius 1 is 1.86 bits per heavy atom. The maximum Gasteiger partial charge on any atom is 0.0364 e. The highest BCUT2D eigenvalue weighted by atomic mass is 35.5. The summed E-state index contributed by atoms with van der Waals surface area (Å²) < 4.78 is 0. The Bertz CT molecular complexity index is 82.2. The fourth-order valence-corrected chi connectivity index (χ4v) is 0.536. The van der Waals surface area contributed by atoms with Crippen molar-refractivity contribution in [3.8, 4) is 0 Å². The molecule has 0 aromatic heterocycles. The van der Waals surface area contributed by atoms with E-state index < -0.39 is 0 Å². The first kappa shape index (κ1) is 4.90. The Hall–Kier alpha value is -0.250. The first-order valence-electron chi connectivity index (χ1n) is 1.99. The molecule has 1 aliphatic rings. The van der Waals surface area contributed by atoms with Crippen LogP contribution in [-0.2, 0) is 0 Å². The number of hydrazine groups is 2. The summed E-state index contributed by atoms with van der Waals surface area (Å²) in [7, 11) is 0. The first-order valence-corrected chi connectivity index (χ1v) is 2.37. The van der Waals surface area contributed by atoms with Crippen LogP contribution in [-0.4, -0.2) is 11.7 Å². The molecule has 0 saturated carbocycles. The minimum Gasteiger partial charge on any atom is -0.235 e. The number of hydrogen-bond acceptors (Lipinski definition) is 3. The molecule has 0 unspecified atom stereocenters. The Balaban J connectivity index is 2.28. The lowest BCUT2D eigenvalue weighted by Gasteiger charge is -2.09. The van der Waals surface area contributed by atoms with Gasteiger partial charge in [0.05, 0.1) is 0 Å². The molecule has 0 aromatic rings. The quantitative estimate of drug-likeness (QED) is 0.475. The summed E-state index contributed by atoms with van der Waals surface area (Å²) in [6.45, 7) is 0.847. The van der Waals surface area contributed by atoms with E-state index in [1.165, 1.54) is 0 Å². The van der Waals surface area contributed by atoms with E-state index in [1.54, 1.807) is 5.12 Å². The van der Waals surface area contributed by atoms with E-state index in [9.17, 15) is 0 Å². The highest BCUT2D eigenvalue weighted by Crippen LogP contribution is 1.86. The topological polar surface area (TPSA) is 27.3 Å². The van der Waals surface area contributed by atoms with Crippen LogP contribution in [0.5, 0.6) is 0 Å². The van der Waals surface area contributed by atoms with E-state index in [-0.39, 0.29) is 0 Å². The van der Waals surface area contributed by atoms with Crippen molar-refractivity contribution in [2.75, 3.05) is 6.54 Å². The van der Waals surface area contributed by atoms with Gasteiger partial charge < -0.3 is 0 Å². The van der Waals surface area contributed by atoms with E-state index in [2.05, 4.69) is 10.4 Å². The van der Waals surface area contributed by atoms with Crippen LogP contribution in [0.3, 0.4) is 0 Å². The zero-order valence-corrected chi connectivity index (χ0v) is 4.44. The van der Waals surface area contributed by atoms with Gasteiger partial charge in [0, 0.05) is 12.7 Å². The summed E-state index contributed by atoms with van der Waals surface area (Å²) in [6, 6.07) is 0. The van der Waals surface area contributed by atoms with Gasteiger partial charge in [0.1, 0.15) is 0 Å². The van der Waals surface area contributed by atoms with Gasteiger partial charge in [0.2, 0.25) is 0 Å². The number of hydrogen-bond donors (Lipinski definition) is 2. The van der Waals surface area contributed by atoms with Crippen molar-refractivity contribution in [3.05, 3.63) is 12.3 Å². The van der Waals surface area contributed by atoms with Gasteiger partial charge in [-0.2, -0.15) is 0 Å². The van der Waals surface area contributed by atoms with Gasteiger partial charge in [0.25, 0.3) is 0 Å². The van der Waals surface area contributed by atoms with Gasteiger partial charge in [-0.15, -0.1) is 4.94 Å². The van der Waals surface area contributed by atoms with Crippen molar-refractivity contribution in [2.24, 2.45) is 0 Å². The van der Waals surface area contributed by atoms with Crippen molar-refractivity contribution in [1.29, 1.82) is 0 Å². The Morgan fingerprint density at radius 3 is 3.00 bits per heavy atom. The molecular formula is C3H6ClN3. The van der Waals surface area contributed by atoms with Gasteiger partial charge in [-0.3, -0.25) is 0 Å². The molecule has 0 saturated heterocycles. The van der Waals surface area contributed by atoms with Crippen LogP contribution in [0.4, 0.5) is 0 Å². The SMILES string of the molecule is ClNN1C=CCN1. The number of nitrogens with one attached hydrogen (secondary N) is 2. The minimum absolute atomic E-state index is 0.847. The number of rotatable bonds is 1. The molecule has 2 N–H and O–H groups in total. The number of nitrogens with zero attached hydrogens (tertiary/aromatic N) is 1. The van der Waals surface area contributed by atoms with Crippen LogP contribution < -0.4 is 10.4 Å². The lowest BCUT2D eigenvalue weighted by molar-refractivity contribution is 0.277. The van der Waals surface area contributed by atoms with Crippen molar-refractivity contribution in [2.45, 2.75) is 0 Å². The Labute approximate surface area is 47.0 Å². The smallest absolute Gasteiger partial charge is 0.0364 e. The monoisotopic (exact) mass is 119 g/mol. The van der Waals surface area contributed by atoms with Crippen molar-refractivity contribution < 1.29 is 0 Å².